The zero-order chi connectivity index (χ0) is 14.8. The molecule has 1 aliphatic carbocycles. The minimum Gasteiger partial charge on any atom is -0.391 e. The third-order valence-corrected chi connectivity index (χ3v) is 5.26. The molecule has 1 fully saturated rings. The predicted molar refractivity (Wildman–Crippen MR) is 85.2 cm³/mol. The molecule has 3 unspecified atom stereocenters. The number of halogens is 1. The first-order chi connectivity index (χ1) is 9.45. The maximum Gasteiger partial charge on any atom is 0.0764 e. The van der Waals surface area contributed by atoms with Gasteiger partial charge in [0.15, 0.2) is 0 Å². The van der Waals surface area contributed by atoms with E-state index in [4.69, 9.17) is 11.6 Å². The van der Waals surface area contributed by atoms with Crippen molar-refractivity contribution < 1.29 is 5.11 Å². The molecule has 0 amide bonds. The van der Waals surface area contributed by atoms with E-state index in [1.165, 1.54) is 12.8 Å². The molecule has 20 heavy (non-hydrogen) atoms. The second-order valence-corrected chi connectivity index (χ2v) is 6.92. The Labute approximate surface area is 127 Å². The van der Waals surface area contributed by atoms with Crippen molar-refractivity contribution in [3.63, 3.8) is 0 Å². The molecule has 1 aromatic carbocycles. The standard InChI is InChI=1S/C17H26ClNO/c1-13-7-6-10-17(12-13,19(2)3)16(20)11-14-8-4-5-9-15(14)18/h4-5,8-9,13,16,20H,6-7,10-12H2,1-3H3. The number of benzene rings is 1. The Kier molecular flexibility index (Phi) is 5.11. The van der Waals surface area contributed by atoms with E-state index in [9.17, 15) is 5.11 Å². The van der Waals surface area contributed by atoms with Crippen LogP contribution in [0.2, 0.25) is 5.02 Å². The maximum atomic E-state index is 10.9. The van der Waals surface area contributed by atoms with Gasteiger partial charge >= 0.3 is 0 Å². The lowest BCUT2D eigenvalue weighted by Crippen LogP contribution is -2.56. The van der Waals surface area contributed by atoms with E-state index in [-0.39, 0.29) is 11.6 Å². The molecule has 0 bridgehead atoms. The first-order valence-electron chi connectivity index (χ1n) is 7.54. The first kappa shape index (κ1) is 15.8. The third kappa shape index (κ3) is 3.19. The van der Waals surface area contributed by atoms with Gasteiger partial charge in [0, 0.05) is 17.0 Å². The van der Waals surface area contributed by atoms with Crippen LogP contribution in [0.5, 0.6) is 0 Å². The Morgan fingerprint density at radius 3 is 2.70 bits per heavy atom. The zero-order valence-electron chi connectivity index (χ0n) is 12.8. The summed E-state index contributed by atoms with van der Waals surface area (Å²) in [7, 11) is 4.18. The molecule has 0 aliphatic heterocycles. The van der Waals surface area contributed by atoms with Gasteiger partial charge in [-0.2, -0.15) is 0 Å². The number of likely N-dealkylation sites (N-methyl/N-ethyl adjacent to an activating group) is 1. The molecule has 2 nitrogen and oxygen atoms in total. The zero-order valence-corrected chi connectivity index (χ0v) is 13.5. The van der Waals surface area contributed by atoms with Crippen LogP contribution in [0, 0.1) is 5.92 Å². The Bertz CT molecular complexity index is 448. The van der Waals surface area contributed by atoms with Crippen LogP contribution in [-0.4, -0.2) is 35.7 Å². The largest absolute Gasteiger partial charge is 0.391 e. The van der Waals surface area contributed by atoms with Gasteiger partial charge in [-0.25, -0.2) is 0 Å². The minimum absolute atomic E-state index is 0.114. The van der Waals surface area contributed by atoms with Crippen molar-refractivity contribution >= 4 is 11.6 Å². The Hall–Kier alpha value is -0.570. The molecule has 0 radical (unpaired) electrons. The van der Waals surface area contributed by atoms with Crippen LogP contribution >= 0.6 is 11.6 Å². The van der Waals surface area contributed by atoms with Crippen LogP contribution in [0.1, 0.15) is 38.2 Å². The fourth-order valence-corrected chi connectivity index (χ4v) is 3.85. The van der Waals surface area contributed by atoms with Gasteiger partial charge in [-0.05, 0) is 44.5 Å². The molecule has 0 spiro atoms. The molecule has 2 rings (SSSR count). The Morgan fingerprint density at radius 1 is 1.40 bits per heavy atom. The Morgan fingerprint density at radius 2 is 2.10 bits per heavy atom. The van der Waals surface area contributed by atoms with Crippen molar-refractivity contribution in [3.05, 3.63) is 34.9 Å². The molecule has 0 saturated heterocycles. The summed E-state index contributed by atoms with van der Waals surface area (Å²) in [6.45, 7) is 2.29. The molecule has 112 valence electrons. The highest BCUT2D eigenvalue weighted by molar-refractivity contribution is 6.31. The highest BCUT2D eigenvalue weighted by atomic mass is 35.5. The molecule has 3 heteroatoms. The molecule has 0 aromatic heterocycles. The van der Waals surface area contributed by atoms with Crippen LogP contribution in [0.15, 0.2) is 24.3 Å². The molecule has 1 aliphatic rings. The van der Waals surface area contributed by atoms with E-state index < -0.39 is 0 Å². The van der Waals surface area contributed by atoms with Gasteiger partial charge in [0.05, 0.1) is 6.10 Å². The molecule has 1 aromatic rings. The van der Waals surface area contributed by atoms with E-state index in [1.54, 1.807) is 0 Å². The second kappa shape index (κ2) is 6.46. The highest BCUT2D eigenvalue weighted by Gasteiger charge is 2.42. The van der Waals surface area contributed by atoms with E-state index >= 15 is 0 Å². The van der Waals surface area contributed by atoms with Crippen LogP contribution in [0.3, 0.4) is 0 Å². The number of rotatable bonds is 4. The van der Waals surface area contributed by atoms with Crippen molar-refractivity contribution in [2.75, 3.05) is 14.1 Å². The summed E-state index contributed by atoms with van der Waals surface area (Å²) in [6.07, 6.45) is 4.85. The number of hydrogen-bond acceptors (Lipinski definition) is 2. The quantitative estimate of drug-likeness (QED) is 0.914. The van der Waals surface area contributed by atoms with Gasteiger partial charge in [0.1, 0.15) is 0 Å². The average Bonchev–Trinajstić information content (AvgIpc) is 2.41. The summed E-state index contributed by atoms with van der Waals surface area (Å²) in [6, 6.07) is 7.83. The van der Waals surface area contributed by atoms with E-state index in [2.05, 4.69) is 25.9 Å². The normalized spacial score (nSPS) is 28.6. The van der Waals surface area contributed by atoms with Crippen LogP contribution in [0.4, 0.5) is 0 Å². The van der Waals surface area contributed by atoms with Gasteiger partial charge in [0.2, 0.25) is 0 Å². The van der Waals surface area contributed by atoms with E-state index in [0.29, 0.717) is 12.3 Å². The molecule has 0 heterocycles. The van der Waals surface area contributed by atoms with E-state index in [1.807, 2.05) is 24.3 Å². The number of aliphatic hydroxyl groups is 1. The minimum atomic E-state index is -0.375. The molecule has 1 N–H and O–H groups in total. The van der Waals surface area contributed by atoms with Crippen LogP contribution in [-0.2, 0) is 6.42 Å². The highest BCUT2D eigenvalue weighted by Crippen LogP contribution is 2.39. The number of aliphatic hydroxyl groups excluding tert-OH is 1. The van der Waals surface area contributed by atoms with Gasteiger partial charge in [0.25, 0.3) is 0 Å². The van der Waals surface area contributed by atoms with Crippen LogP contribution in [0.25, 0.3) is 0 Å². The lowest BCUT2D eigenvalue weighted by Gasteiger charge is -2.48. The topological polar surface area (TPSA) is 23.5 Å². The summed E-state index contributed by atoms with van der Waals surface area (Å²) < 4.78 is 0. The Balaban J connectivity index is 2.19. The maximum absolute atomic E-state index is 10.9. The number of nitrogens with zero attached hydrogens (tertiary/aromatic N) is 1. The van der Waals surface area contributed by atoms with Crippen molar-refractivity contribution in [1.82, 2.24) is 4.90 Å². The van der Waals surface area contributed by atoms with Crippen molar-refractivity contribution in [2.24, 2.45) is 5.92 Å². The fraction of sp³-hybridized carbons (Fsp3) is 0.647. The smallest absolute Gasteiger partial charge is 0.0764 e. The lowest BCUT2D eigenvalue weighted by atomic mass is 9.71. The summed E-state index contributed by atoms with van der Waals surface area (Å²) in [5.74, 6) is 0.673. The second-order valence-electron chi connectivity index (χ2n) is 6.51. The first-order valence-corrected chi connectivity index (χ1v) is 7.92. The number of hydrogen-bond donors (Lipinski definition) is 1. The molecular formula is C17H26ClNO. The summed E-state index contributed by atoms with van der Waals surface area (Å²) in [5.41, 5.74) is 0.928. The van der Waals surface area contributed by atoms with Crippen LogP contribution < -0.4 is 0 Å². The lowest BCUT2D eigenvalue weighted by molar-refractivity contribution is -0.0424. The SMILES string of the molecule is CC1CCCC(C(O)Cc2ccccc2Cl)(N(C)C)C1. The summed E-state index contributed by atoms with van der Waals surface area (Å²) in [5, 5.41) is 11.6. The summed E-state index contributed by atoms with van der Waals surface area (Å²) >= 11 is 6.24. The molecule has 1 saturated carbocycles. The van der Waals surface area contributed by atoms with Gasteiger partial charge in [-0.3, -0.25) is 0 Å². The van der Waals surface area contributed by atoms with Gasteiger partial charge in [-0.15, -0.1) is 0 Å². The van der Waals surface area contributed by atoms with Crippen molar-refractivity contribution in [3.8, 4) is 0 Å². The van der Waals surface area contributed by atoms with Crippen molar-refractivity contribution in [2.45, 2.75) is 50.7 Å². The molecule has 3 atom stereocenters. The molecular weight excluding hydrogens is 270 g/mol. The fourth-order valence-electron chi connectivity index (χ4n) is 3.63. The summed E-state index contributed by atoms with van der Waals surface area (Å²) in [4.78, 5) is 2.23. The van der Waals surface area contributed by atoms with Crippen molar-refractivity contribution in [1.29, 1.82) is 0 Å². The predicted octanol–water partition coefficient (Wildman–Crippen LogP) is 3.75. The monoisotopic (exact) mass is 295 g/mol. The average molecular weight is 296 g/mol. The third-order valence-electron chi connectivity index (χ3n) is 4.89. The van der Waals surface area contributed by atoms with Gasteiger partial charge in [-0.1, -0.05) is 49.6 Å². The van der Waals surface area contributed by atoms with Gasteiger partial charge < -0.3 is 10.0 Å². The van der Waals surface area contributed by atoms with E-state index in [0.717, 1.165) is 23.4 Å².